The Hall–Kier alpha value is -3.09. The van der Waals surface area contributed by atoms with Crippen molar-refractivity contribution in [2.24, 2.45) is 7.05 Å². The Balaban J connectivity index is 1.73. The molecule has 0 unspecified atom stereocenters. The molecular formula is C23H28N4O3. The lowest BCUT2D eigenvalue weighted by molar-refractivity contribution is 0.0491. The van der Waals surface area contributed by atoms with E-state index in [-0.39, 0.29) is 5.52 Å². The molecule has 1 aliphatic rings. The number of nitrogens with one attached hydrogen (secondary N) is 1. The number of pyridine rings is 1. The third kappa shape index (κ3) is 3.72. The van der Waals surface area contributed by atoms with Crippen molar-refractivity contribution in [1.82, 2.24) is 14.3 Å². The van der Waals surface area contributed by atoms with Crippen LogP contribution in [0.2, 0.25) is 0 Å². The van der Waals surface area contributed by atoms with Gasteiger partial charge in [0.1, 0.15) is 11.4 Å². The molecule has 158 valence electrons. The highest BCUT2D eigenvalue weighted by Crippen LogP contribution is 2.44. The molecule has 2 aromatic heterocycles. The van der Waals surface area contributed by atoms with Gasteiger partial charge in [-0.1, -0.05) is 6.07 Å². The second-order valence-electron chi connectivity index (χ2n) is 9.11. The van der Waals surface area contributed by atoms with Crippen LogP contribution < -0.4 is 10.9 Å². The second kappa shape index (κ2) is 7.00. The molecule has 7 heteroatoms. The van der Waals surface area contributed by atoms with Gasteiger partial charge in [0.05, 0.1) is 5.52 Å². The molecule has 1 fully saturated rings. The maximum Gasteiger partial charge on any atom is 0.437 e. The van der Waals surface area contributed by atoms with Crippen LogP contribution in [0.3, 0.4) is 0 Å². The number of hydrogen-bond acceptors (Lipinski definition) is 5. The first-order valence-electron chi connectivity index (χ1n) is 10.3. The van der Waals surface area contributed by atoms with E-state index in [4.69, 9.17) is 4.74 Å². The van der Waals surface area contributed by atoms with Crippen molar-refractivity contribution in [3.63, 3.8) is 0 Å². The first-order valence-corrected chi connectivity index (χ1v) is 10.3. The average Bonchev–Trinajstić information content (AvgIpc) is 3.44. The number of fused-ring (bicyclic) bond motifs is 1. The number of aryl methyl sites for hydroxylation is 3. The van der Waals surface area contributed by atoms with E-state index in [1.165, 1.54) is 34.2 Å². The van der Waals surface area contributed by atoms with Crippen LogP contribution in [-0.4, -0.2) is 26.0 Å². The van der Waals surface area contributed by atoms with Crippen molar-refractivity contribution in [2.45, 2.75) is 59.0 Å². The minimum absolute atomic E-state index is 0.227. The number of aromatic nitrogens is 3. The van der Waals surface area contributed by atoms with Gasteiger partial charge in [-0.2, -0.15) is 0 Å². The van der Waals surface area contributed by atoms with Crippen LogP contribution in [0, 0.1) is 13.8 Å². The van der Waals surface area contributed by atoms with Crippen LogP contribution in [0.5, 0.6) is 0 Å². The van der Waals surface area contributed by atoms with E-state index in [0.29, 0.717) is 17.3 Å². The van der Waals surface area contributed by atoms with Crippen molar-refractivity contribution in [3.05, 3.63) is 51.3 Å². The molecule has 1 N–H and O–H groups in total. The molecule has 3 aromatic rings. The third-order valence-corrected chi connectivity index (χ3v) is 5.43. The van der Waals surface area contributed by atoms with Crippen molar-refractivity contribution < 1.29 is 9.53 Å². The monoisotopic (exact) mass is 408 g/mol. The summed E-state index contributed by atoms with van der Waals surface area (Å²) in [4.78, 5) is 30.0. The van der Waals surface area contributed by atoms with Gasteiger partial charge in [-0.05, 0) is 88.3 Å². The Morgan fingerprint density at radius 2 is 1.83 bits per heavy atom. The van der Waals surface area contributed by atoms with Crippen molar-refractivity contribution >= 4 is 28.6 Å². The zero-order chi connectivity index (χ0) is 21.8. The summed E-state index contributed by atoms with van der Waals surface area (Å²) in [5, 5.41) is 3.39. The van der Waals surface area contributed by atoms with E-state index in [1.54, 1.807) is 33.9 Å². The van der Waals surface area contributed by atoms with Gasteiger partial charge in [0.15, 0.2) is 5.52 Å². The van der Waals surface area contributed by atoms with Crippen LogP contribution in [-0.2, 0) is 11.8 Å². The van der Waals surface area contributed by atoms with Gasteiger partial charge >= 0.3 is 11.7 Å². The Morgan fingerprint density at radius 3 is 2.47 bits per heavy atom. The molecule has 2 heterocycles. The van der Waals surface area contributed by atoms with Crippen LogP contribution in [0.1, 0.15) is 56.2 Å². The molecule has 0 spiro atoms. The number of carbonyl (C=O) groups excluding carboxylic acids is 1. The number of carbonyl (C=O) groups is 1. The molecule has 1 saturated carbocycles. The topological polar surface area (TPSA) is 78.2 Å². The summed E-state index contributed by atoms with van der Waals surface area (Å²) in [5.74, 6) is 1.16. The molecule has 0 atom stereocenters. The summed E-state index contributed by atoms with van der Waals surface area (Å²) in [5.41, 5.74) is 4.39. The van der Waals surface area contributed by atoms with Gasteiger partial charge in [-0.3, -0.25) is 9.48 Å². The van der Waals surface area contributed by atoms with E-state index < -0.39 is 17.3 Å². The highest BCUT2D eigenvalue weighted by Gasteiger charge is 2.27. The molecule has 7 nitrogen and oxygen atoms in total. The van der Waals surface area contributed by atoms with Crippen molar-refractivity contribution in [1.29, 1.82) is 0 Å². The molecule has 1 aliphatic carbocycles. The zero-order valence-corrected chi connectivity index (χ0v) is 18.4. The second-order valence-corrected chi connectivity index (χ2v) is 9.11. The lowest BCUT2D eigenvalue weighted by atomic mass is 10.0. The molecule has 0 amide bonds. The van der Waals surface area contributed by atoms with Gasteiger partial charge in [0.2, 0.25) is 0 Å². The van der Waals surface area contributed by atoms with Gasteiger partial charge in [-0.25, -0.2) is 9.78 Å². The van der Waals surface area contributed by atoms with E-state index in [1.807, 2.05) is 6.07 Å². The Labute approximate surface area is 175 Å². The molecular weight excluding hydrogens is 380 g/mol. The fraction of sp³-hybridized carbons (Fsp3) is 0.435. The van der Waals surface area contributed by atoms with Crippen LogP contribution in [0.15, 0.2) is 29.1 Å². The van der Waals surface area contributed by atoms with Crippen LogP contribution in [0.4, 0.5) is 16.3 Å². The molecule has 1 aromatic carbocycles. The summed E-state index contributed by atoms with van der Waals surface area (Å²) >= 11 is 0. The van der Waals surface area contributed by atoms with E-state index in [9.17, 15) is 9.59 Å². The number of hydrogen-bond donors (Lipinski definition) is 1. The maximum atomic E-state index is 12.9. The van der Waals surface area contributed by atoms with Gasteiger partial charge in [-0.15, -0.1) is 4.68 Å². The van der Waals surface area contributed by atoms with E-state index in [0.717, 1.165) is 10.4 Å². The Bertz CT molecular complexity index is 1210. The fourth-order valence-corrected chi connectivity index (χ4v) is 3.61. The maximum absolute atomic E-state index is 12.9. The highest BCUT2D eigenvalue weighted by atomic mass is 16.6. The smallest absolute Gasteiger partial charge is 0.437 e. The minimum Gasteiger partial charge on any atom is -0.442 e. The van der Waals surface area contributed by atoms with Gasteiger partial charge in [0.25, 0.3) is 0 Å². The van der Waals surface area contributed by atoms with Gasteiger partial charge in [0, 0.05) is 12.7 Å². The number of anilines is 2. The largest absolute Gasteiger partial charge is 0.442 e. The summed E-state index contributed by atoms with van der Waals surface area (Å²) < 4.78 is 7.84. The number of ether oxygens (including phenoxy) is 1. The molecule has 0 bridgehead atoms. The lowest BCUT2D eigenvalue weighted by Gasteiger charge is -2.19. The highest BCUT2D eigenvalue weighted by molar-refractivity contribution is 5.82. The minimum atomic E-state index is -0.715. The molecule has 4 rings (SSSR count). The quantitative estimate of drug-likeness (QED) is 0.676. The predicted molar refractivity (Wildman–Crippen MR) is 118 cm³/mol. The fourth-order valence-electron chi connectivity index (χ4n) is 3.61. The summed E-state index contributed by atoms with van der Waals surface area (Å²) in [6, 6.07) is 8.00. The van der Waals surface area contributed by atoms with E-state index in [2.05, 4.69) is 36.3 Å². The summed E-state index contributed by atoms with van der Waals surface area (Å²) in [6.45, 7) is 9.50. The van der Waals surface area contributed by atoms with Crippen LogP contribution in [0.25, 0.3) is 11.0 Å². The van der Waals surface area contributed by atoms with Crippen LogP contribution >= 0.6 is 0 Å². The summed E-state index contributed by atoms with van der Waals surface area (Å²) in [7, 11) is 1.65. The standard InChI is InChI=1S/C23H28N4O3/c1-13-11-16(15-7-8-15)17(12-14(13)2)24-19-10-9-18-20(25-19)21(28)27(26(18)6)22(29)30-23(3,4)5/h9-12,15H,7-8H2,1-6H3,(H,24,25). The third-order valence-electron chi connectivity index (χ3n) is 5.43. The predicted octanol–water partition coefficient (Wildman–Crippen LogP) is 4.76. The molecule has 30 heavy (non-hydrogen) atoms. The lowest BCUT2D eigenvalue weighted by Crippen LogP contribution is -2.35. The Morgan fingerprint density at radius 1 is 1.17 bits per heavy atom. The zero-order valence-electron chi connectivity index (χ0n) is 18.4. The van der Waals surface area contributed by atoms with E-state index >= 15 is 0 Å². The van der Waals surface area contributed by atoms with Crippen molar-refractivity contribution in [3.8, 4) is 0 Å². The number of nitrogens with zero attached hydrogens (tertiary/aromatic N) is 3. The molecule has 0 aliphatic heterocycles. The molecule has 0 radical (unpaired) electrons. The normalized spacial score (nSPS) is 14.2. The Kier molecular flexibility index (Phi) is 4.71. The van der Waals surface area contributed by atoms with Gasteiger partial charge < -0.3 is 10.1 Å². The first kappa shape index (κ1) is 20.2. The first-order chi connectivity index (χ1) is 14.0. The van der Waals surface area contributed by atoms with Crippen molar-refractivity contribution in [2.75, 3.05) is 5.32 Å². The SMILES string of the molecule is Cc1cc(Nc2ccc3c(n2)c(=O)n(C(=O)OC(C)(C)C)n3C)c(C2CC2)cc1C. The average molecular weight is 409 g/mol. The molecule has 0 saturated heterocycles. The summed E-state index contributed by atoms with van der Waals surface area (Å²) in [6.07, 6.45) is 1.68. The number of rotatable bonds is 3. The number of benzene rings is 1.